The van der Waals surface area contributed by atoms with Crippen molar-refractivity contribution in [1.29, 1.82) is 0 Å². The first kappa shape index (κ1) is 15.6. The summed E-state index contributed by atoms with van der Waals surface area (Å²) in [5.41, 5.74) is 2.21. The van der Waals surface area contributed by atoms with Gasteiger partial charge in [-0.2, -0.15) is 5.10 Å². The number of rotatable bonds is 5. The molecule has 1 aromatic heterocycles. The Kier molecular flexibility index (Phi) is 6.32. The summed E-state index contributed by atoms with van der Waals surface area (Å²) in [6.45, 7) is 4.64. The molecule has 1 aliphatic heterocycles. The minimum absolute atomic E-state index is 0.468. The van der Waals surface area contributed by atoms with E-state index in [1.165, 1.54) is 22.5 Å². The predicted octanol–water partition coefficient (Wildman–Crippen LogP) is -1.77. The van der Waals surface area contributed by atoms with Crippen molar-refractivity contribution >= 4 is 29.4 Å². The topological polar surface area (TPSA) is 84.2 Å². The van der Waals surface area contributed by atoms with E-state index in [1.54, 1.807) is 0 Å². The second kappa shape index (κ2) is 8.50. The maximum Gasteiger partial charge on any atom is 0.329 e. The second-order valence-electron chi connectivity index (χ2n) is 4.58. The highest BCUT2D eigenvalue weighted by atomic mass is 32.1. The molecular formula is C13H19N4O3S+. The van der Waals surface area contributed by atoms with E-state index in [0.29, 0.717) is 6.54 Å². The number of hydrogen-bond donors (Lipinski definition) is 3. The van der Waals surface area contributed by atoms with E-state index < -0.39 is 11.8 Å². The summed E-state index contributed by atoms with van der Waals surface area (Å²) in [6.07, 6.45) is 1.51. The van der Waals surface area contributed by atoms with E-state index in [1.807, 2.05) is 17.5 Å². The maximum atomic E-state index is 11.5. The fourth-order valence-electron chi connectivity index (χ4n) is 1.91. The molecule has 21 heavy (non-hydrogen) atoms. The zero-order valence-electron chi connectivity index (χ0n) is 11.6. The number of nitrogens with zero attached hydrogens (tertiary/aromatic N) is 1. The van der Waals surface area contributed by atoms with Crippen LogP contribution < -0.4 is 15.6 Å². The molecule has 2 heterocycles. The van der Waals surface area contributed by atoms with Crippen LogP contribution in [0.5, 0.6) is 0 Å². The van der Waals surface area contributed by atoms with E-state index in [2.05, 4.69) is 15.8 Å². The van der Waals surface area contributed by atoms with Crippen LogP contribution in [-0.4, -0.2) is 57.4 Å². The molecule has 1 aromatic rings. The molecule has 0 spiro atoms. The zero-order valence-corrected chi connectivity index (χ0v) is 12.4. The first-order valence-corrected chi connectivity index (χ1v) is 7.70. The number of hydrazone groups is 1. The Labute approximate surface area is 127 Å². The Morgan fingerprint density at radius 3 is 2.90 bits per heavy atom. The fourth-order valence-corrected chi connectivity index (χ4v) is 2.50. The van der Waals surface area contributed by atoms with Crippen LogP contribution in [0.1, 0.15) is 4.88 Å². The third-order valence-electron chi connectivity index (χ3n) is 3.07. The molecule has 0 atom stereocenters. The Hall–Kier alpha value is -1.77. The summed E-state index contributed by atoms with van der Waals surface area (Å²) in [5.74, 6) is -1.41. The molecule has 0 bridgehead atoms. The van der Waals surface area contributed by atoms with Crippen LogP contribution in [0.3, 0.4) is 0 Å². The maximum absolute atomic E-state index is 11.5. The summed E-state index contributed by atoms with van der Waals surface area (Å²) in [5, 5.41) is 8.23. The molecule has 7 nitrogen and oxygen atoms in total. The monoisotopic (exact) mass is 311 g/mol. The Morgan fingerprint density at radius 2 is 2.19 bits per heavy atom. The summed E-state index contributed by atoms with van der Waals surface area (Å²) in [6, 6.07) is 3.75. The number of thiophene rings is 1. The lowest BCUT2D eigenvalue weighted by atomic mass is 10.4. The standard InChI is InChI=1S/C13H18N4O3S/c18-12(14-3-4-17-5-7-20-8-6-17)13(19)16-15-10-11-2-1-9-21-11/h1-2,9-10H,3-8H2,(H,14,18)(H,16,19)/p+1/b15-10-. The molecule has 8 heteroatoms. The molecular weight excluding hydrogens is 292 g/mol. The van der Waals surface area contributed by atoms with Gasteiger partial charge in [-0.15, -0.1) is 11.3 Å². The molecule has 3 N–H and O–H groups in total. The van der Waals surface area contributed by atoms with Gasteiger partial charge in [0.1, 0.15) is 13.1 Å². The molecule has 0 aliphatic carbocycles. The minimum Gasteiger partial charge on any atom is -0.370 e. The SMILES string of the molecule is O=C(NCC[NH+]1CCOCC1)C(=O)N/N=C\c1cccs1. The summed E-state index contributed by atoms with van der Waals surface area (Å²) in [4.78, 5) is 25.3. The normalized spacial score (nSPS) is 16.0. The molecule has 0 aromatic carbocycles. The average Bonchev–Trinajstić information content (AvgIpc) is 3.01. The number of carbonyl (C=O) groups is 2. The van der Waals surface area contributed by atoms with Crippen LogP contribution in [0.2, 0.25) is 0 Å². The van der Waals surface area contributed by atoms with E-state index in [-0.39, 0.29) is 0 Å². The molecule has 2 rings (SSSR count). The van der Waals surface area contributed by atoms with Gasteiger partial charge in [-0.1, -0.05) is 6.07 Å². The summed E-state index contributed by atoms with van der Waals surface area (Å²) in [7, 11) is 0. The molecule has 2 amide bonds. The van der Waals surface area contributed by atoms with Gasteiger partial charge in [-0.05, 0) is 11.4 Å². The molecule has 0 unspecified atom stereocenters. The van der Waals surface area contributed by atoms with Crippen LogP contribution in [-0.2, 0) is 14.3 Å². The number of ether oxygens (including phenoxy) is 1. The second-order valence-corrected chi connectivity index (χ2v) is 5.56. The Bertz CT molecular complexity index is 484. The average molecular weight is 311 g/mol. The minimum atomic E-state index is -0.750. The molecule has 1 saturated heterocycles. The lowest BCUT2D eigenvalue weighted by Gasteiger charge is -2.23. The van der Waals surface area contributed by atoms with Gasteiger partial charge < -0.3 is 15.0 Å². The van der Waals surface area contributed by atoms with Crippen molar-refractivity contribution < 1.29 is 19.2 Å². The van der Waals surface area contributed by atoms with Gasteiger partial charge in [0, 0.05) is 4.88 Å². The summed E-state index contributed by atoms with van der Waals surface area (Å²) >= 11 is 1.50. The van der Waals surface area contributed by atoms with Gasteiger partial charge in [-0.3, -0.25) is 9.59 Å². The van der Waals surface area contributed by atoms with Crippen molar-refractivity contribution in [2.24, 2.45) is 5.10 Å². The predicted molar refractivity (Wildman–Crippen MR) is 79.4 cm³/mol. The van der Waals surface area contributed by atoms with Crippen molar-refractivity contribution in [3.8, 4) is 0 Å². The molecule has 1 aliphatic rings. The van der Waals surface area contributed by atoms with Crippen molar-refractivity contribution in [1.82, 2.24) is 10.7 Å². The van der Waals surface area contributed by atoms with Crippen LogP contribution in [0.4, 0.5) is 0 Å². The molecule has 0 saturated carbocycles. The molecule has 0 radical (unpaired) electrons. The quantitative estimate of drug-likeness (QED) is 0.342. The van der Waals surface area contributed by atoms with Crippen LogP contribution >= 0.6 is 11.3 Å². The van der Waals surface area contributed by atoms with Crippen LogP contribution in [0.15, 0.2) is 22.6 Å². The molecule has 114 valence electrons. The van der Waals surface area contributed by atoms with Gasteiger partial charge in [-0.25, -0.2) is 5.43 Å². The van der Waals surface area contributed by atoms with Gasteiger partial charge in [0.15, 0.2) is 0 Å². The number of amides is 2. The van der Waals surface area contributed by atoms with Crippen LogP contribution in [0.25, 0.3) is 0 Å². The highest BCUT2D eigenvalue weighted by Crippen LogP contribution is 2.03. The highest BCUT2D eigenvalue weighted by Gasteiger charge is 2.16. The Balaban J connectivity index is 1.62. The molecule has 1 fully saturated rings. The number of nitrogens with one attached hydrogen (secondary N) is 3. The number of carbonyl (C=O) groups excluding carboxylic acids is 2. The highest BCUT2D eigenvalue weighted by molar-refractivity contribution is 7.11. The van der Waals surface area contributed by atoms with Crippen molar-refractivity contribution in [3.63, 3.8) is 0 Å². The summed E-state index contributed by atoms with van der Waals surface area (Å²) < 4.78 is 5.25. The van der Waals surface area contributed by atoms with Crippen molar-refractivity contribution in [2.45, 2.75) is 0 Å². The zero-order chi connectivity index (χ0) is 14.9. The van der Waals surface area contributed by atoms with Gasteiger partial charge in [0.2, 0.25) is 0 Å². The Morgan fingerprint density at radius 1 is 1.38 bits per heavy atom. The lowest BCUT2D eigenvalue weighted by Crippen LogP contribution is -3.14. The lowest BCUT2D eigenvalue weighted by molar-refractivity contribution is -0.906. The first-order chi connectivity index (χ1) is 10.3. The number of hydrogen-bond acceptors (Lipinski definition) is 5. The van der Waals surface area contributed by atoms with E-state index in [9.17, 15) is 9.59 Å². The fraction of sp³-hybridized carbons (Fsp3) is 0.462. The van der Waals surface area contributed by atoms with Gasteiger partial charge in [0.25, 0.3) is 0 Å². The number of morpholine rings is 1. The van der Waals surface area contributed by atoms with E-state index >= 15 is 0 Å². The van der Waals surface area contributed by atoms with Crippen LogP contribution in [0, 0.1) is 0 Å². The van der Waals surface area contributed by atoms with Gasteiger partial charge in [0.05, 0.1) is 32.5 Å². The third kappa shape index (κ3) is 5.62. The van der Waals surface area contributed by atoms with Gasteiger partial charge >= 0.3 is 11.8 Å². The largest absolute Gasteiger partial charge is 0.370 e. The van der Waals surface area contributed by atoms with Crippen molar-refractivity contribution in [2.75, 3.05) is 39.4 Å². The first-order valence-electron chi connectivity index (χ1n) is 6.82. The third-order valence-corrected chi connectivity index (χ3v) is 3.88. The smallest absolute Gasteiger partial charge is 0.329 e. The van der Waals surface area contributed by atoms with E-state index in [4.69, 9.17) is 4.74 Å². The van der Waals surface area contributed by atoms with E-state index in [0.717, 1.165) is 37.7 Å². The number of quaternary nitrogens is 1. The van der Waals surface area contributed by atoms with Crippen molar-refractivity contribution in [3.05, 3.63) is 22.4 Å².